The second kappa shape index (κ2) is 6.88. The molecule has 2 aromatic carbocycles. The van der Waals surface area contributed by atoms with Crippen molar-refractivity contribution in [1.82, 2.24) is 0 Å². The van der Waals surface area contributed by atoms with Crippen molar-refractivity contribution in [2.45, 2.75) is 31.5 Å². The van der Waals surface area contributed by atoms with Crippen LogP contribution in [0, 0.1) is 0 Å². The van der Waals surface area contributed by atoms with Crippen molar-refractivity contribution in [1.29, 1.82) is 0 Å². The molecule has 1 aliphatic rings. The minimum atomic E-state index is -4.49. The molecule has 26 heavy (non-hydrogen) atoms. The summed E-state index contributed by atoms with van der Waals surface area (Å²) in [6.07, 6.45) is -1.73. The predicted octanol–water partition coefficient (Wildman–Crippen LogP) is 6.06. The SMILES string of the molecule is CCC1(C(F)(F)F)C=Cc2cc(Cl)c(Cc3ccc(OC)cc3)cc2O1. The minimum absolute atomic E-state index is 0.194. The first-order chi connectivity index (χ1) is 12.3. The Balaban J connectivity index is 1.93. The summed E-state index contributed by atoms with van der Waals surface area (Å²) >= 11 is 6.33. The van der Waals surface area contributed by atoms with Crippen molar-refractivity contribution in [3.63, 3.8) is 0 Å². The standard InChI is InChI=1S/C20H18ClF3O2/c1-3-19(20(22,23)24)9-8-14-11-17(21)15(12-18(14)26-19)10-13-4-6-16(25-2)7-5-13/h4-9,11-12H,3,10H2,1-2H3. The summed E-state index contributed by atoms with van der Waals surface area (Å²) in [5, 5.41) is 0.490. The van der Waals surface area contributed by atoms with E-state index in [9.17, 15) is 13.2 Å². The Morgan fingerprint density at radius 1 is 1.15 bits per heavy atom. The third-order valence-electron chi connectivity index (χ3n) is 4.56. The van der Waals surface area contributed by atoms with Gasteiger partial charge in [-0.15, -0.1) is 0 Å². The first kappa shape index (κ1) is 18.6. The highest BCUT2D eigenvalue weighted by atomic mass is 35.5. The average molecular weight is 383 g/mol. The van der Waals surface area contributed by atoms with E-state index in [2.05, 4.69) is 0 Å². The molecule has 2 nitrogen and oxygen atoms in total. The van der Waals surface area contributed by atoms with Crippen LogP contribution in [0.25, 0.3) is 6.08 Å². The highest BCUT2D eigenvalue weighted by Crippen LogP contribution is 2.44. The van der Waals surface area contributed by atoms with Gasteiger partial charge >= 0.3 is 6.18 Å². The zero-order chi connectivity index (χ0) is 18.9. The number of hydrogen-bond acceptors (Lipinski definition) is 2. The quantitative estimate of drug-likeness (QED) is 0.640. The molecule has 6 heteroatoms. The first-order valence-corrected chi connectivity index (χ1v) is 8.56. The summed E-state index contributed by atoms with van der Waals surface area (Å²) in [5.74, 6) is 0.927. The van der Waals surface area contributed by atoms with E-state index >= 15 is 0 Å². The number of rotatable bonds is 4. The normalized spacial score (nSPS) is 19.0. The number of ether oxygens (including phenoxy) is 2. The molecule has 0 saturated heterocycles. The van der Waals surface area contributed by atoms with Gasteiger partial charge in [-0.3, -0.25) is 0 Å². The maximum Gasteiger partial charge on any atom is 0.432 e. The molecule has 0 amide bonds. The van der Waals surface area contributed by atoms with Gasteiger partial charge in [0.2, 0.25) is 5.60 Å². The van der Waals surface area contributed by atoms with Gasteiger partial charge in [0.05, 0.1) is 7.11 Å². The van der Waals surface area contributed by atoms with Crippen LogP contribution in [0.2, 0.25) is 5.02 Å². The first-order valence-electron chi connectivity index (χ1n) is 8.18. The van der Waals surface area contributed by atoms with Gasteiger partial charge in [-0.2, -0.15) is 13.2 Å². The van der Waals surface area contributed by atoms with Crippen molar-refractivity contribution in [3.8, 4) is 11.5 Å². The summed E-state index contributed by atoms with van der Waals surface area (Å²) in [6.45, 7) is 1.46. The number of halogens is 4. The molecule has 1 aliphatic heterocycles. The van der Waals surface area contributed by atoms with Crippen molar-refractivity contribution in [3.05, 3.63) is 64.2 Å². The Hall–Kier alpha value is -2.14. The summed E-state index contributed by atoms with van der Waals surface area (Å²) in [7, 11) is 1.58. The maximum absolute atomic E-state index is 13.5. The third kappa shape index (κ3) is 3.40. The van der Waals surface area contributed by atoms with E-state index in [-0.39, 0.29) is 12.2 Å². The van der Waals surface area contributed by atoms with E-state index in [1.165, 1.54) is 13.0 Å². The Kier molecular flexibility index (Phi) is 4.93. The lowest BCUT2D eigenvalue weighted by Gasteiger charge is -2.36. The second-order valence-electron chi connectivity index (χ2n) is 6.18. The van der Waals surface area contributed by atoms with Crippen LogP contribution in [0.4, 0.5) is 13.2 Å². The van der Waals surface area contributed by atoms with Crippen LogP contribution in [0.15, 0.2) is 42.5 Å². The number of alkyl halides is 3. The van der Waals surface area contributed by atoms with Crippen LogP contribution >= 0.6 is 11.6 Å². The number of hydrogen-bond donors (Lipinski definition) is 0. The molecule has 0 bridgehead atoms. The van der Waals surface area contributed by atoms with E-state index in [4.69, 9.17) is 21.1 Å². The molecule has 1 heterocycles. The highest BCUT2D eigenvalue weighted by Gasteiger charge is 2.55. The van der Waals surface area contributed by atoms with Crippen molar-refractivity contribution in [2.75, 3.05) is 7.11 Å². The molecule has 138 valence electrons. The van der Waals surface area contributed by atoms with Crippen molar-refractivity contribution < 1.29 is 22.6 Å². The lowest BCUT2D eigenvalue weighted by Crippen LogP contribution is -2.49. The Morgan fingerprint density at radius 2 is 1.85 bits per heavy atom. The topological polar surface area (TPSA) is 18.5 Å². The zero-order valence-corrected chi connectivity index (χ0v) is 15.1. The van der Waals surface area contributed by atoms with Crippen LogP contribution in [-0.2, 0) is 6.42 Å². The number of benzene rings is 2. The van der Waals surface area contributed by atoms with E-state index in [1.807, 2.05) is 24.3 Å². The molecule has 0 aliphatic carbocycles. The molecular formula is C20H18ClF3O2. The van der Waals surface area contributed by atoms with Crippen LogP contribution in [0.5, 0.6) is 11.5 Å². The van der Waals surface area contributed by atoms with Crippen LogP contribution in [0.1, 0.15) is 30.0 Å². The summed E-state index contributed by atoms with van der Waals surface area (Å²) in [5.41, 5.74) is -0.0815. The smallest absolute Gasteiger partial charge is 0.432 e. The maximum atomic E-state index is 13.5. The highest BCUT2D eigenvalue weighted by molar-refractivity contribution is 6.31. The van der Waals surface area contributed by atoms with Gasteiger partial charge in [0.15, 0.2) is 0 Å². The van der Waals surface area contributed by atoms with Gasteiger partial charge in [-0.25, -0.2) is 0 Å². The minimum Gasteiger partial charge on any atom is -0.497 e. The lowest BCUT2D eigenvalue weighted by molar-refractivity contribution is -0.230. The second-order valence-corrected chi connectivity index (χ2v) is 6.59. The number of methoxy groups -OCH3 is 1. The molecule has 0 radical (unpaired) electrons. The number of fused-ring (bicyclic) bond motifs is 1. The molecule has 0 aromatic heterocycles. The molecule has 3 rings (SSSR count). The lowest BCUT2D eigenvalue weighted by atomic mass is 9.93. The molecule has 1 atom stereocenters. The average Bonchev–Trinajstić information content (AvgIpc) is 2.61. The monoisotopic (exact) mass is 382 g/mol. The molecule has 0 spiro atoms. The third-order valence-corrected chi connectivity index (χ3v) is 4.91. The van der Waals surface area contributed by atoms with Gasteiger partial charge in [0.1, 0.15) is 11.5 Å². The van der Waals surface area contributed by atoms with Gasteiger partial charge in [0, 0.05) is 10.6 Å². The fourth-order valence-corrected chi connectivity index (χ4v) is 3.16. The van der Waals surface area contributed by atoms with Gasteiger partial charge in [0.25, 0.3) is 0 Å². The van der Waals surface area contributed by atoms with Crippen LogP contribution < -0.4 is 9.47 Å². The molecule has 0 N–H and O–H groups in total. The molecular weight excluding hydrogens is 365 g/mol. The molecule has 1 unspecified atom stereocenters. The van der Waals surface area contributed by atoms with Gasteiger partial charge in [-0.05, 0) is 54.3 Å². The Bertz CT molecular complexity index is 828. The fraction of sp³-hybridized carbons (Fsp3) is 0.300. The van der Waals surface area contributed by atoms with Gasteiger partial charge in [-0.1, -0.05) is 36.7 Å². The van der Waals surface area contributed by atoms with Crippen LogP contribution in [-0.4, -0.2) is 18.9 Å². The van der Waals surface area contributed by atoms with E-state index in [1.54, 1.807) is 19.2 Å². The van der Waals surface area contributed by atoms with E-state index in [0.29, 0.717) is 22.6 Å². The predicted molar refractivity (Wildman–Crippen MR) is 96.0 cm³/mol. The Morgan fingerprint density at radius 3 is 2.42 bits per heavy atom. The van der Waals surface area contributed by atoms with Crippen molar-refractivity contribution in [2.24, 2.45) is 0 Å². The Labute approximate surface area is 155 Å². The van der Waals surface area contributed by atoms with Crippen LogP contribution in [0.3, 0.4) is 0 Å². The van der Waals surface area contributed by atoms with E-state index < -0.39 is 11.8 Å². The summed E-state index contributed by atoms with van der Waals surface area (Å²) in [6, 6.07) is 10.7. The fourth-order valence-electron chi connectivity index (χ4n) is 2.93. The largest absolute Gasteiger partial charge is 0.497 e. The van der Waals surface area contributed by atoms with Gasteiger partial charge < -0.3 is 9.47 Å². The van der Waals surface area contributed by atoms with E-state index in [0.717, 1.165) is 17.4 Å². The summed E-state index contributed by atoms with van der Waals surface area (Å²) in [4.78, 5) is 0. The summed E-state index contributed by atoms with van der Waals surface area (Å²) < 4.78 is 51.0. The van der Waals surface area contributed by atoms with Crippen molar-refractivity contribution >= 4 is 17.7 Å². The molecule has 0 fully saturated rings. The molecule has 2 aromatic rings. The zero-order valence-electron chi connectivity index (χ0n) is 14.4. The molecule has 0 saturated carbocycles.